The summed E-state index contributed by atoms with van der Waals surface area (Å²) in [5.41, 5.74) is 7.36. The third kappa shape index (κ3) is 3.92. The smallest absolute Gasteiger partial charge is 0.410 e. The monoisotopic (exact) mass is 358 g/mol. The second kappa shape index (κ2) is 6.90. The lowest BCUT2D eigenvalue weighted by Gasteiger charge is -2.24. The van der Waals surface area contributed by atoms with Gasteiger partial charge in [-0.15, -0.1) is 5.10 Å². The molecule has 0 aliphatic carbocycles. The molecule has 0 spiro atoms. The van der Waals surface area contributed by atoms with E-state index in [1.54, 1.807) is 9.58 Å². The fraction of sp³-hybridized carbons (Fsp3) is 0.474. The quantitative estimate of drug-likeness (QED) is 0.911. The van der Waals surface area contributed by atoms with E-state index in [9.17, 15) is 4.79 Å². The van der Waals surface area contributed by atoms with Gasteiger partial charge in [0.15, 0.2) is 0 Å². The predicted molar refractivity (Wildman–Crippen MR) is 99.6 cm³/mol. The molecule has 2 heterocycles. The fourth-order valence-corrected chi connectivity index (χ4v) is 2.84. The first-order chi connectivity index (χ1) is 12.2. The first-order valence-electron chi connectivity index (χ1n) is 8.79. The van der Waals surface area contributed by atoms with Crippen molar-refractivity contribution < 1.29 is 14.3 Å². The lowest BCUT2D eigenvalue weighted by Crippen LogP contribution is -2.36. The summed E-state index contributed by atoms with van der Waals surface area (Å²) in [6, 6.07) is 9.68. The van der Waals surface area contributed by atoms with Crippen LogP contribution >= 0.6 is 0 Å². The van der Waals surface area contributed by atoms with Crippen molar-refractivity contribution >= 4 is 11.9 Å². The minimum Gasteiger partial charge on any atom is -0.471 e. The van der Waals surface area contributed by atoms with Gasteiger partial charge in [0.05, 0.1) is 17.8 Å². The highest BCUT2D eigenvalue weighted by atomic mass is 16.6. The lowest BCUT2D eigenvalue weighted by atomic mass is 10.2. The van der Waals surface area contributed by atoms with Crippen molar-refractivity contribution in [2.45, 2.75) is 45.8 Å². The summed E-state index contributed by atoms with van der Waals surface area (Å²) in [4.78, 5) is 13.8. The number of anilines is 1. The number of ether oxygens (including phenoxy) is 2. The highest BCUT2D eigenvalue weighted by molar-refractivity contribution is 5.68. The van der Waals surface area contributed by atoms with Gasteiger partial charge in [0.25, 0.3) is 0 Å². The Balaban J connectivity index is 1.68. The average Bonchev–Trinajstić information content (AvgIpc) is 3.15. The first-order valence-corrected chi connectivity index (χ1v) is 8.79. The highest BCUT2D eigenvalue weighted by Crippen LogP contribution is 2.28. The van der Waals surface area contributed by atoms with Crippen molar-refractivity contribution in [3.63, 3.8) is 0 Å². The molecule has 1 aromatic heterocycles. The highest BCUT2D eigenvalue weighted by Gasteiger charge is 2.32. The van der Waals surface area contributed by atoms with E-state index in [4.69, 9.17) is 15.2 Å². The maximum Gasteiger partial charge on any atom is 0.410 e. The second-order valence-corrected chi connectivity index (χ2v) is 7.52. The van der Waals surface area contributed by atoms with Gasteiger partial charge in [-0.3, -0.25) is 0 Å². The molecule has 1 aliphatic rings. The van der Waals surface area contributed by atoms with Gasteiger partial charge in [-0.05, 0) is 39.8 Å². The van der Waals surface area contributed by atoms with Crippen LogP contribution in [0.1, 0.15) is 32.8 Å². The van der Waals surface area contributed by atoms with Gasteiger partial charge < -0.3 is 20.1 Å². The molecular formula is C19H26N4O3. The molecule has 7 heteroatoms. The van der Waals surface area contributed by atoms with Crippen LogP contribution in [0.2, 0.25) is 0 Å². The number of nitrogens with two attached hydrogens (primary N) is 1. The molecule has 1 amide bonds. The molecule has 0 radical (unpaired) electrons. The third-order valence-electron chi connectivity index (χ3n) is 4.20. The molecule has 1 aliphatic heterocycles. The zero-order valence-electron chi connectivity index (χ0n) is 15.7. The SMILES string of the molecule is Cc1c(OC2CCN(C(=O)OC(C)(C)C)C2)nn(-c2ccccc2)c1N. The van der Waals surface area contributed by atoms with Crippen molar-refractivity contribution in [1.82, 2.24) is 14.7 Å². The van der Waals surface area contributed by atoms with Crippen molar-refractivity contribution in [2.24, 2.45) is 0 Å². The Morgan fingerprint density at radius 3 is 2.62 bits per heavy atom. The van der Waals surface area contributed by atoms with E-state index < -0.39 is 5.60 Å². The van der Waals surface area contributed by atoms with Gasteiger partial charge in [0.1, 0.15) is 17.5 Å². The molecule has 2 aromatic rings. The molecule has 0 saturated carbocycles. The molecule has 1 atom stereocenters. The lowest BCUT2D eigenvalue weighted by molar-refractivity contribution is 0.0274. The maximum atomic E-state index is 12.2. The van der Waals surface area contributed by atoms with Crippen molar-refractivity contribution in [3.05, 3.63) is 35.9 Å². The number of carbonyl (C=O) groups excluding carboxylic acids is 1. The maximum absolute atomic E-state index is 12.2. The van der Waals surface area contributed by atoms with Crippen LogP contribution in [-0.4, -0.2) is 45.6 Å². The first kappa shape index (κ1) is 18.1. The molecule has 26 heavy (non-hydrogen) atoms. The molecule has 1 unspecified atom stereocenters. The summed E-state index contributed by atoms with van der Waals surface area (Å²) in [6.07, 6.45) is 0.297. The summed E-state index contributed by atoms with van der Waals surface area (Å²) in [5.74, 6) is 1.05. The number of nitrogen functional groups attached to an aromatic ring is 1. The number of rotatable bonds is 3. The summed E-state index contributed by atoms with van der Waals surface area (Å²) in [5, 5.41) is 4.51. The average molecular weight is 358 g/mol. The second-order valence-electron chi connectivity index (χ2n) is 7.52. The van der Waals surface area contributed by atoms with Crippen molar-refractivity contribution in [1.29, 1.82) is 0 Å². The number of hydrogen-bond acceptors (Lipinski definition) is 5. The van der Waals surface area contributed by atoms with Crippen LogP contribution in [0.15, 0.2) is 30.3 Å². The Kier molecular flexibility index (Phi) is 4.80. The Morgan fingerprint density at radius 1 is 1.27 bits per heavy atom. The van der Waals surface area contributed by atoms with E-state index in [-0.39, 0.29) is 12.2 Å². The summed E-state index contributed by atoms with van der Waals surface area (Å²) < 4.78 is 13.1. The van der Waals surface area contributed by atoms with Crippen LogP contribution in [0, 0.1) is 6.92 Å². The van der Waals surface area contributed by atoms with Crippen LogP contribution in [0.3, 0.4) is 0 Å². The number of nitrogens with zero attached hydrogens (tertiary/aromatic N) is 3. The Hall–Kier alpha value is -2.70. The standard InChI is InChI=1S/C19H26N4O3/c1-13-16(20)23(14-8-6-5-7-9-14)21-17(13)25-15-10-11-22(12-15)18(24)26-19(2,3)4/h5-9,15H,10-12,20H2,1-4H3. The van der Waals surface area contributed by atoms with Gasteiger partial charge in [-0.1, -0.05) is 18.2 Å². The topological polar surface area (TPSA) is 82.6 Å². The van der Waals surface area contributed by atoms with Gasteiger partial charge >= 0.3 is 6.09 Å². The minimum absolute atomic E-state index is 0.125. The third-order valence-corrected chi connectivity index (χ3v) is 4.20. The molecule has 1 fully saturated rings. The number of hydrogen-bond donors (Lipinski definition) is 1. The largest absolute Gasteiger partial charge is 0.471 e. The Morgan fingerprint density at radius 2 is 1.96 bits per heavy atom. The minimum atomic E-state index is -0.504. The summed E-state index contributed by atoms with van der Waals surface area (Å²) >= 11 is 0. The summed E-state index contributed by atoms with van der Waals surface area (Å²) in [7, 11) is 0. The van der Waals surface area contributed by atoms with Gasteiger partial charge in [-0.25, -0.2) is 9.48 Å². The number of likely N-dealkylation sites (tertiary alicyclic amines) is 1. The molecule has 2 N–H and O–H groups in total. The molecule has 1 aromatic carbocycles. The number of aromatic nitrogens is 2. The van der Waals surface area contributed by atoms with Crippen LogP contribution < -0.4 is 10.5 Å². The van der Waals surface area contributed by atoms with E-state index >= 15 is 0 Å². The van der Waals surface area contributed by atoms with E-state index in [0.29, 0.717) is 24.8 Å². The van der Waals surface area contributed by atoms with Crippen LogP contribution in [0.4, 0.5) is 10.6 Å². The van der Waals surface area contributed by atoms with Crippen molar-refractivity contribution in [2.75, 3.05) is 18.8 Å². The number of benzene rings is 1. The van der Waals surface area contributed by atoms with Gasteiger partial charge in [0.2, 0.25) is 5.88 Å². The van der Waals surface area contributed by atoms with Gasteiger partial charge in [0, 0.05) is 13.0 Å². The molecule has 140 valence electrons. The Bertz CT molecular complexity index is 780. The summed E-state index contributed by atoms with van der Waals surface area (Å²) in [6.45, 7) is 8.55. The van der Waals surface area contributed by atoms with Crippen LogP contribution in [-0.2, 0) is 4.74 Å². The van der Waals surface area contributed by atoms with Crippen LogP contribution in [0.25, 0.3) is 5.69 Å². The Labute approximate surface area is 153 Å². The number of amides is 1. The molecular weight excluding hydrogens is 332 g/mol. The van der Waals surface area contributed by atoms with E-state index in [0.717, 1.165) is 17.7 Å². The predicted octanol–water partition coefficient (Wildman–Crippen LogP) is 3.15. The fourth-order valence-electron chi connectivity index (χ4n) is 2.84. The zero-order valence-corrected chi connectivity index (χ0v) is 15.7. The van der Waals surface area contributed by atoms with E-state index in [1.807, 2.05) is 58.0 Å². The van der Waals surface area contributed by atoms with E-state index in [2.05, 4.69) is 5.10 Å². The van der Waals surface area contributed by atoms with E-state index in [1.165, 1.54) is 0 Å². The molecule has 7 nitrogen and oxygen atoms in total. The van der Waals surface area contributed by atoms with Crippen LogP contribution in [0.5, 0.6) is 5.88 Å². The van der Waals surface area contributed by atoms with Gasteiger partial charge in [-0.2, -0.15) is 0 Å². The number of para-hydroxylation sites is 1. The normalized spacial score (nSPS) is 17.4. The molecule has 1 saturated heterocycles. The van der Waals surface area contributed by atoms with Crippen molar-refractivity contribution in [3.8, 4) is 11.6 Å². The number of carbonyl (C=O) groups is 1. The zero-order chi connectivity index (χ0) is 18.9. The molecule has 3 rings (SSSR count). The molecule has 0 bridgehead atoms.